The highest BCUT2D eigenvalue weighted by Gasteiger charge is 2.68. The lowest BCUT2D eigenvalue weighted by atomic mass is 9.40. The molecule has 4 saturated carbocycles. The highest BCUT2D eigenvalue weighted by atomic mass is 16.3. The highest BCUT2D eigenvalue weighted by molar-refractivity contribution is 5.23. The molecular weight excluding hydrogens is 190 g/mol. The standard InChI is InChI=1S/C12H21NO2/c1-9-3-10(2)5-11(13,4-9)8(14)12(15,6-9)7-10/h8,14-15H,3-7,13H2,1-2H3/t8-,9-,10+,11?,12?/m0/s1. The van der Waals surface area contributed by atoms with Crippen LogP contribution in [0.25, 0.3) is 0 Å². The van der Waals surface area contributed by atoms with E-state index in [1.54, 1.807) is 0 Å². The molecule has 4 N–H and O–H groups in total. The second-order valence-electron chi connectivity index (χ2n) is 7.24. The summed E-state index contributed by atoms with van der Waals surface area (Å²) in [4.78, 5) is 0. The maximum absolute atomic E-state index is 10.5. The number of hydrogen-bond acceptors (Lipinski definition) is 3. The Morgan fingerprint density at radius 2 is 1.47 bits per heavy atom. The molecule has 4 rings (SSSR count). The summed E-state index contributed by atoms with van der Waals surface area (Å²) in [5.74, 6) is 0. The first-order chi connectivity index (χ1) is 6.69. The van der Waals surface area contributed by atoms with E-state index in [0.717, 1.165) is 32.1 Å². The molecule has 15 heavy (non-hydrogen) atoms. The van der Waals surface area contributed by atoms with Crippen LogP contribution in [0.15, 0.2) is 0 Å². The van der Waals surface area contributed by atoms with Gasteiger partial charge in [0.25, 0.3) is 0 Å². The summed E-state index contributed by atoms with van der Waals surface area (Å²) in [7, 11) is 0. The molecule has 0 radical (unpaired) electrons. The third kappa shape index (κ3) is 1.12. The summed E-state index contributed by atoms with van der Waals surface area (Å²) in [6.45, 7) is 4.42. The van der Waals surface area contributed by atoms with E-state index in [2.05, 4.69) is 13.8 Å². The van der Waals surface area contributed by atoms with Crippen LogP contribution >= 0.6 is 0 Å². The fourth-order valence-electron chi connectivity index (χ4n) is 5.52. The van der Waals surface area contributed by atoms with Gasteiger partial charge in [-0.25, -0.2) is 0 Å². The molecule has 4 fully saturated rings. The summed E-state index contributed by atoms with van der Waals surface area (Å²) in [5.41, 5.74) is 5.10. The Kier molecular flexibility index (Phi) is 1.52. The van der Waals surface area contributed by atoms with Crippen molar-refractivity contribution < 1.29 is 10.2 Å². The van der Waals surface area contributed by atoms with E-state index >= 15 is 0 Å². The van der Waals surface area contributed by atoms with Crippen molar-refractivity contribution in [3.8, 4) is 0 Å². The minimum absolute atomic E-state index is 0.133. The van der Waals surface area contributed by atoms with Gasteiger partial charge in [0.15, 0.2) is 0 Å². The third-order valence-electron chi connectivity index (χ3n) is 4.88. The molecule has 5 atom stereocenters. The van der Waals surface area contributed by atoms with Crippen LogP contribution in [0.3, 0.4) is 0 Å². The molecule has 0 aliphatic heterocycles. The van der Waals surface area contributed by atoms with E-state index in [-0.39, 0.29) is 10.8 Å². The molecule has 0 saturated heterocycles. The zero-order valence-electron chi connectivity index (χ0n) is 9.58. The summed E-state index contributed by atoms with van der Waals surface area (Å²) >= 11 is 0. The fraction of sp³-hybridized carbons (Fsp3) is 1.00. The van der Waals surface area contributed by atoms with Crippen LogP contribution in [-0.4, -0.2) is 27.5 Å². The second-order valence-corrected chi connectivity index (χ2v) is 7.24. The molecule has 86 valence electrons. The summed E-state index contributed by atoms with van der Waals surface area (Å²) < 4.78 is 0. The number of nitrogens with two attached hydrogens (primary N) is 1. The van der Waals surface area contributed by atoms with Gasteiger partial charge in [-0.1, -0.05) is 13.8 Å². The smallest absolute Gasteiger partial charge is 0.101 e. The molecule has 0 amide bonds. The largest absolute Gasteiger partial charge is 0.388 e. The topological polar surface area (TPSA) is 66.5 Å². The number of rotatable bonds is 0. The predicted octanol–water partition coefficient (Wildman–Crippen LogP) is 0.780. The van der Waals surface area contributed by atoms with Gasteiger partial charge in [0.05, 0.1) is 5.60 Å². The molecule has 3 nitrogen and oxygen atoms in total. The van der Waals surface area contributed by atoms with Gasteiger partial charge in [0.1, 0.15) is 6.10 Å². The van der Waals surface area contributed by atoms with Crippen LogP contribution in [0.5, 0.6) is 0 Å². The SMILES string of the molecule is C[C@]12CC3(N)C[C@](C)(CC(O)(C1)[C@H]3O)C2. The van der Waals surface area contributed by atoms with Gasteiger partial charge in [-0.3, -0.25) is 0 Å². The normalized spacial score (nSPS) is 67.4. The average Bonchev–Trinajstić information content (AvgIpc) is 1.93. The Hall–Kier alpha value is -0.120. The van der Waals surface area contributed by atoms with E-state index in [4.69, 9.17) is 5.73 Å². The van der Waals surface area contributed by atoms with Crippen molar-refractivity contribution >= 4 is 0 Å². The van der Waals surface area contributed by atoms with Crippen LogP contribution in [0, 0.1) is 10.8 Å². The van der Waals surface area contributed by atoms with Crippen molar-refractivity contribution in [3.05, 3.63) is 0 Å². The summed E-state index contributed by atoms with van der Waals surface area (Å²) in [6, 6.07) is 0. The lowest BCUT2D eigenvalue weighted by molar-refractivity contribution is -0.257. The van der Waals surface area contributed by atoms with Crippen molar-refractivity contribution in [2.45, 2.75) is 63.2 Å². The van der Waals surface area contributed by atoms with Crippen LogP contribution in [0.2, 0.25) is 0 Å². The quantitative estimate of drug-likeness (QED) is 0.554. The van der Waals surface area contributed by atoms with Crippen LogP contribution in [0.1, 0.15) is 46.0 Å². The molecule has 0 aromatic rings. The Labute approximate surface area is 90.7 Å². The Morgan fingerprint density at radius 3 is 1.87 bits per heavy atom. The molecule has 4 aliphatic carbocycles. The number of aliphatic hydroxyl groups is 2. The molecule has 2 unspecified atom stereocenters. The van der Waals surface area contributed by atoms with Gasteiger partial charge in [-0.05, 0) is 42.9 Å². The molecule has 0 heterocycles. The lowest BCUT2D eigenvalue weighted by Crippen LogP contribution is -2.76. The first kappa shape index (κ1) is 10.1. The molecule has 0 aromatic heterocycles. The Morgan fingerprint density at radius 1 is 1.00 bits per heavy atom. The average molecular weight is 211 g/mol. The van der Waals surface area contributed by atoms with Gasteiger partial charge in [-0.2, -0.15) is 0 Å². The van der Waals surface area contributed by atoms with Gasteiger partial charge >= 0.3 is 0 Å². The van der Waals surface area contributed by atoms with Crippen LogP contribution in [-0.2, 0) is 0 Å². The van der Waals surface area contributed by atoms with E-state index in [1.807, 2.05) is 0 Å². The van der Waals surface area contributed by atoms with Crippen LogP contribution in [0.4, 0.5) is 0 Å². The first-order valence-electron chi connectivity index (χ1n) is 5.88. The van der Waals surface area contributed by atoms with Gasteiger partial charge < -0.3 is 15.9 Å². The minimum atomic E-state index is -0.924. The van der Waals surface area contributed by atoms with Crippen molar-refractivity contribution in [1.29, 1.82) is 0 Å². The van der Waals surface area contributed by atoms with Crippen molar-refractivity contribution in [2.75, 3.05) is 0 Å². The maximum Gasteiger partial charge on any atom is 0.101 e. The number of aliphatic hydroxyl groups excluding tert-OH is 1. The van der Waals surface area contributed by atoms with Gasteiger partial charge in [0.2, 0.25) is 0 Å². The zero-order chi connectivity index (χ0) is 11.1. The molecule has 4 aliphatic rings. The van der Waals surface area contributed by atoms with E-state index in [0.29, 0.717) is 0 Å². The van der Waals surface area contributed by atoms with Crippen molar-refractivity contribution in [1.82, 2.24) is 0 Å². The first-order valence-corrected chi connectivity index (χ1v) is 5.88. The Bertz CT molecular complexity index is 284. The molecular formula is C12H21NO2. The Balaban J connectivity index is 2.12. The second kappa shape index (κ2) is 2.27. The van der Waals surface area contributed by atoms with E-state index in [1.165, 1.54) is 0 Å². The molecule has 0 spiro atoms. The van der Waals surface area contributed by atoms with E-state index in [9.17, 15) is 10.2 Å². The highest BCUT2D eigenvalue weighted by Crippen LogP contribution is 2.66. The van der Waals surface area contributed by atoms with E-state index < -0.39 is 17.2 Å². The van der Waals surface area contributed by atoms with Crippen LogP contribution < -0.4 is 5.73 Å². The monoisotopic (exact) mass is 211 g/mol. The third-order valence-corrected chi connectivity index (χ3v) is 4.88. The van der Waals surface area contributed by atoms with Crippen molar-refractivity contribution in [3.63, 3.8) is 0 Å². The fourth-order valence-corrected chi connectivity index (χ4v) is 5.52. The minimum Gasteiger partial charge on any atom is -0.388 e. The molecule has 3 heteroatoms. The molecule has 0 aromatic carbocycles. The van der Waals surface area contributed by atoms with Crippen molar-refractivity contribution in [2.24, 2.45) is 16.6 Å². The van der Waals surface area contributed by atoms with Gasteiger partial charge in [0, 0.05) is 5.54 Å². The summed E-state index contributed by atoms with van der Waals surface area (Å²) in [5, 5.41) is 20.7. The lowest BCUT2D eigenvalue weighted by Gasteiger charge is -2.69. The maximum atomic E-state index is 10.5. The van der Waals surface area contributed by atoms with Gasteiger partial charge in [-0.15, -0.1) is 0 Å². The summed E-state index contributed by atoms with van der Waals surface area (Å²) in [6.07, 6.45) is 3.57. The predicted molar refractivity (Wildman–Crippen MR) is 57.2 cm³/mol. The zero-order valence-corrected chi connectivity index (χ0v) is 9.58. The molecule has 4 bridgehead atoms. The number of hydrogen-bond donors (Lipinski definition) is 3.